The van der Waals surface area contributed by atoms with E-state index in [0.29, 0.717) is 24.7 Å². The summed E-state index contributed by atoms with van der Waals surface area (Å²) in [6.45, 7) is 1.70. The van der Waals surface area contributed by atoms with E-state index in [0.717, 1.165) is 30.6 Å². The first-order chi connectivity index (χ1) is 17.0. The summed E-state index contributed by atoms with van der Waals surface area (Å²) in [5.41, 5.74) is 0.848. The van der Waals surface area contributed by atoms with Crippen LogP contribution in [-0.4, -0.2) is 52.8 Å². The van der Waals surface area contributed by atoms with Crippen molar-refractivity contribution in [2.75, 3.05) is 34.0 Å². The van der Waals surface area contributed by atoms with Crippen molar-refractivity contribution in [3.8, 4) is 17.2 Å². The third-order valence-corrected chi connectivity index (χ3v) is 8.62. The van der Waals surface area contributed by atoms with E-state index in [9.17, 15) is 8.42 Å². The molecule has 1 atom stereocenters. The zero-order valence-corrected chi connectivity index (χ0v) is 21.6. The number of ether oxygens (including phenoxy) is 4. The average Bonchev–Trinajstić information content (AvgIpc) is 3.58. The molecule has 2 aromatic carbocycles. The Morgan fingerprint density at radius 1 is 1.06 bits per heavy atom. The Morgan fingerprint density at radius 3 is 2.63 bits per heavy atom. The van der Waals surface area contributed by atoms with Crippen molar-refractivity contribution in [2.24, 2.45) is 0 Å². The molecular weight excluding hydrogens is 486 g/mol. The molecule has 1 aliphatic heterocycles. The van der Waals surface area contributed by atoms with Crippen LogP contribution in [0.5, 0.6) is 17.2 Å². The maximum absolute atomic E-state index is 13.7. The van der Waals surface area contributed by atoms with Gasteiger partial charge in [0.15, 0.2) is 11.5 Å². The normalized spacial score (nSPS) is 15.9. The van der Waals surface area contributed by atoms with Gasteiger partial charge >= 0.3 is 0 Å². The van der Waals surface area contributed by atoms with Crippen LogP contribution < -0.4 is 14.2 Å². The lowest BCUT2D eigenvalue weighted by Crippen LogP contribution is -2.37. The van der Waals surface area contributed by atoms with E-state index in [4.69, 9.17) is 18.9 Å². The number of sulfonamides is 1. The molecule has 0 radical (unpaired) electrons. The highest BCUT2D eigenvalue weighted by atomic mass is 32.2. The smallest absolute Gasteiger partial charge is 0.243 e. The van der Waals surface area contributed by atoms with Gasteiger partial charge in [0.05, 0.1) is 31.8 Å². The zero-order valence-electron chi connectivity index (χ0n) is 20.0. The van der Waals surface area contributed by atoms with Gasteiger partial charge in [-0.15, -0.1) is 11.3 Å². The van der Waals surface area contributed by atoms with Gasteiger partial charge < -0.3 is 18.9 Å². The number of hydrogen-bond acceptors (Lipinski definition) is 7. The molecule has 0 unspecified atom stereocenters. The van der Waals surface area contributed by atoms with Gasteiger partial charge in [0, 0.05) is 37.1 Å². The molecule has 1 aliphatic rings. The van der Waals surface area contributed by atoms with Crippen LogP contribution in [0.3, 0.4) is 0 Å². The molecule has 4 rings (SSSR count). The molecule has 35 heavy (non-hydrogen) atoms. The Bertz CT molecular complexity index is 1190. The Balaban J connectivity index is 1.53. The largest absolute Gasteiger partial charge is 0.493 e. The molecule has 1 fully saturated rings. The van der Waals surface area contributed by atoms with E-state index in [-0.39, 0.29) is 24.1 Å². The molecule has 0 N–H and O–H groups in total. The molecule has 9 heteroatoms. The molecule has 0 spiro atoms. The summed E-state index contributed by atoms with van der Waals surface area (Å²) in [6.07, 6.45) is 2.47. The summed E-state index contributed by atoms with van der Waals surface area (Å²) in [6, 6.07) is 16.4. The number of rotatable bonds is 12. The Hall–Kier alpha value is -2.59. The van der Waals surface area contributed by atoms with Crippen LogP contribution in [0.4, 0.5) is 0 Å². The van der Waals surface area contributed by atoms with Crippen LogP contribution in [0.2, 0.25) is 0 Å². The first-order valence-electron chi connectivity index (χ1n) is 11.6. The summed E-state index contributed by atoms with van der Waals surface area (Å²) < 4.78 is 51.3. The molecule has 188 valence electrons. The van der Waals surface area contributed by atoms with Crippen LogP contribution >= 0.6 is 11.3 Å². The summed E-state index contributed by atoms with van der Waals surface area (Å²) in [4.78, 5) is 1.42. The Labute approximate surface area is 211 Å². The highest BCUT2D eigenvalue weighted by Gasteiger charge is 2.30. The quantitative estimate of drug-likeness (QED) is 0.345. The standard InChI is InChI=1S/C26H31NO6S2/c1-30-25-11-10-24(17-26(25)31-2)35(28,29)27(19-22-8-4-13-32-22)18-20-6-3-7-21(16-20)33-14-12-23-9-5-15-34-23/h3,5-7,9-11,15-17,22H,4,8,12-14,18-19H2,1-2H3/t22-/m1/s1. The fraction of sp³-hybridized carbons (Fsp3) is 0.385. The minimum absolute atomic E-state index is 0.129. The lowest BCUT2D eigenvalue weighted by Gasteiger charge is -2.25. The molecule has 0 aliphatic carbocycles. The van der Waals surface area contributed by atoms with Crippen molar-refractivity contribution >= 4 is 21.4 Å². The number of hydrogen-bond donors (Lipinski definition) is 0. The molecule has 1 saturated heterocycles. The fourth-order valence-corrected chi connectivity index (χ4v) is 6.22. The van der Waals surface area contributed by atoms with Gasteiger partial charge in [-0.1, -0.05) is 18.2 Å². The zero-order chi connectivity index (χ0) is 24.7. The first-order valence-corrected chi connectivity index (χ1v) is 13.9. The van der Waals surface area contributed by atoms with E-state index in [1.54, 1.807) is 23.5 Å². The molecule has 0 bridgehead atoms. The summed E-state index contributed by atoms with van der Waals surface area (Å²) >= 11 is 1.71. The minimum Gasteiger partial charge on any atom is -0.493 e. The van der Waals surface area contributed by atoms with Crippen LogP contribution in [0.15, 0.2) is 64.9 Å². The average molecular weight is 518 g/mol. The van der Waals surface area contributed by atoms with Gasteiger partial charge in [0.25, 0.3) is 0 Å². The highest BCUT2D eigenvalue weighted by molar-refractivity contribution is 7.89. The van der Waals surface area contributed by atoms with E-state index < -0.39 is 10.0 Å². The second-order valence-electron chi connectivity index (χ2n) is 8.27. The van der Waals surface area contributed by atoms with Crippen LogP contribution in [0.25, 0.3) is 0 Å². The molecule has 3 aromatic rings. The van der Waals surface area contributed by atoms with Crippen LogP contribution in [0, 0.1) is 0 Å². The van der Waals surface area contributed by atoms with Crippen molar-refractivity contribution in [3.05, 3.63) is 70.4 Å². The second-order valence-corrected chi connectivity index (χ2v) is 11.2. The predicted octanol–water partition coefficient (Wildman–Crippen LogP) is 4.76. The van der Waals surface area contributed by atoms with Crippen molar-refractivity contribution < 1.29 is 27.4 Å². The van der Waals surface area contributed by atoms with Gasteiger partial charge in [-0.3, -0.25) is 0 Å². The van der Waals surface area contributed by atoms with Gasteiger partial charge in [-0.2, -0.15) is 4.31 Å². The molecular formula is C26H31NO6S2. The molecule has 7 nitrogen and oxygen atoms in total. The predicted molar refractivity (Wildman–Crippen MR) is 136 cm³/mol. The lowest BCUT2D eigenvalue weighted by molar-refractivity contribution is 0.0926. The topological polar surface area (TPSA) is 74.3 Å². The first kappa shape index (κ1) is 25.5. The summed E-state index contributed by atoms with van der Waals surface area (Å²) in [5, 5.41) is 2.05. The lowest BCUT2D eigenvalue weighted by atomic mass is 10.2. The Morgan fingerprint density at radius 2 is 1.91 bits per heavy atom. The minimum atomic E-state index is -3.83. The van der Waals surface area contributed by atoms with Gasteiger partial charge in [0.2, 0.25) is 10.0 Å². The van der Waals surface area contributed by atoms with Crippen molar-refractivity contribution in [1.82, 2.24) is 4.31 Å². The second kappa shape index (κ2) is 11.9. The number of nitrogens with zero attached hydrogens (tertiary/aromatic N) is 1. The monoisotopic (exact) mass is 517 g/mol. The van der Waals surface area contributed by atoms with Crippen molar-refractivity contribution in [1.29, 1.82) is 0 Å². The van der Waals surface area contributed by atoms with Crippen LogP contribution in [0.1, 0.15) is 23.3 Å². The highest BCUT2D eigenvalue weighted by Crippen LogP contribution is 2.32. The number of methoxy groups -OCH3 is 2. The van der Waals surface area contributed by atoms with Gasteiger partial charge in [0.1, 0.15) is 5.75 Å². The summed E-state index contributed by atoms with van der Waals surface area (Å²) in [7, 11) is -0.818. The molecule has 2 heterocycles. The summed E-state index contributed by atoms with van der Waals surface area (Å²) in [5.74, 6) is 1.57. The molecule has 0 saturated carbocycles. The number of thiophene rings is 1. The van der Waals surface area contributed by atoms with Crippen LogP contribution in [-0.2, 0) is 27.7 Å². The van der Waals surface area contributed by atoms with E-state index in [1.807, 2.05) is 30.3 Å². The maximum atomic E-state index is 13.7. The van der Waals surface area contributed by atoms with E-state index >= 15 is 0 Å². The van der Waals surface area contributed by atoms with E-state index in [1.165, 1.54) is 29.5 Å². The van der Waals surface area contributed by atoms with Crippen molar-refractivity contribution in [3.63, 3.8) is 0 Å². The van der Waals surface area contributed by atoms with E-state index in [2.05, 4.69) is 11.4 Å². The fourth-order valence-electron chi connectivity index (χ4n) is 4.05. The molecule has 1 aromatic heterocycles. The third kappa shape index (κ3) is 6.55. The van der Waals surface area contributed by atoms with Crippen molar-refractivity contribution in [2.45, 2.75) is 36.8 Å². The maximum Gasteiger partial charge on any atom is 0.243 e. The van der Waals surface area contributed by atoms with Gasteiger partial charge in [-0.05, 0) is 54.1 Å². The SMILES string of the molecule is COc1ccc(S(=O)(=O)N(Cc2cccc(OCCc3cccs3)c2)C[C@H]2CCCO2)cc1OC. The van der Waals surface area contributed by atoms with Gasteiger partial charge in [-0.25, -0.2) is 8.42 Å². The third-order valence-electron chi connectivity index (χ3n) is 5.88. The number of benzene rings is 2. The molecule has 0 amide bonds. The Kier molecular flexibility index (Phi) is 8.67.